The second-order valence-corrected chi connectivity index (χ2v) is 7.59. The molecule has 27 heavy (non-hydrogen) atoms. The van der Waals surface area contributed by atoms with Gasteiger partial charge in [0.2, 0.25) is 5.91 Å². The topological polar surface area (TPSA) is 108 Å². The van der Waals surface area contributed by atoms with E-state index in [4.69, 9.17) is 5.73 Å². The Balaban J connectivity index is 1.71. The van der Waals surface area contributed by atoms with E-state index in [0.717, 1.165) is 37.9 Å². The number of carbonyl (C=O) groups excluding carboxylic acids is 2. The Kier molecular flexibility index (Phi) is 7.91. The molecule has 0 aliphatic carbocycles. The summed E-state index contributed by atoms with van der Waals surface area (Å²) in [4.78, 5) is 26.2. The van der Waals surface area contributed by atoms with Crippen molar-refractivity contribution in [1.82, 2.24) is 15.5 Å². The second kappa shape index (κ2) is 10.2. The van der Waals surface area contributed by atoms with Crippen LogP contribution in [0.4, 0.5) is 4.79 Å². The molecule has 0 bridgehead atoms. The summed E-state index contributed by atoms with van der Waals surface area (Å²) in [7, 11) is 0. The minimum absolute atomic E-state index is 0.152. The van der Waals surface area contributed by atoms with Gasteiger partial charge in [-0.05, 0) is 69.8 Å². The van der Waals surface area contributed by atoms with E-state index in [9.17, 15) is 14.7 Å². The third-order valence-corrected chi connectivity index (χ3v) is 5.24. The van der Waals surface area contributed by atoms with Crippen LogP contribution in [0, 0.1) is 5.92 Å². The first kappa shape index (κ1) is 21.0. The number of amides is 3. The lowest BCUT2D eigenvalue weighted by Gasteiger charge is -2.34. The molecule has 1 atom stereocenters. The molecule has 1 saturated heterocycles. The van der Waals surface area contributed by atoms with Crippen LogP contribution in [0.3, 0.4) is 0 Å². The number of piperidine rings is 1. The zero-order valence-electron chi connectivity index (χ0n) is 16.3. The number of benzene rings is 1. The number of likely N-dealkylation sites (tertiary alicyclic amines) is 1. The number of urea groups is 1. The summed E-state index contributed by atoms with van der Waals surface area (Å²) in [5.74, 6) is 0.197. The molecule has 0 saturated carbocycles. The predicted molar refractivity (Wildman–Crippen MR) is 105 cm³/mol. The number of carbonyl (C=O) groups is 2. The van der Waals surface area contributed by atoms with Crippen molar-refractivity contribution in [2.75, 3.05) is 19.6 Å². The number of nitrogens with one attached hydrogen (secondary N) is 2. The van der Waals surface area contributed by atoms with Crippen LogP contribution >= 0.6 is 0 Å². The maximum absolute atomic E-state index is 12.1. The normalized spacial score (nSPS) is 16.9. The molecule has 7 heteroatoms. The number of nitrogens with zero attached hydrogens (tertiary/aromatic N) is 1. The van der Waals surface area contributed by atoms with Crippen LogP contribution in [0.1, 0.15) is 38.7 Å². The van der Waals surface area contributed by atoms with Gasteiger partial charge in [-0.15, -0.1) is 0 Å². The van der Waals surface area contributed by atoms with Gasteiger partial charge in [0.05, 0.1) is 0 Å². The van der Waals surface area contributed by atoms with Gasteiger partial charge in [-0.3, -0.25) is 4.79 Å². The summed E-state index contributed by atoms with van der Waals surface area (Å²) in [6.07, 6.45) is 3.55. The number of rotatable bonds is 8. The van der Waals surface area contributed by atoms with Gasteiger partial charge < -0.3 is 26.4 Å². The van der Waals surface area contributed by atoms with Gasteiger partial charge in [-0.25, -0.2) is 4.79 Å². The Morgan fingerprint density at radius 3 is 2.41 bits per heavy atom. The Hall–Kier alpha value is -2.28. The SMILES string of the molecule is CC(C)N1CCC(CCNC(=O)N[C@@H](Cc2ccc(O)cc2)C(N)=O)CC1. The van der Waals surface area contributed by atoms with Crippen molar-refractivity contribution in [2.24, 2.45) is 11.7 Å². The maximum atomic E-state index is 12.1. The lowest BCUT2D eigenvalue weighted by Crippen LogP contribution is -2.50. The Bertz CT molecular complexity index is 610. The molecule has 2 rings (SSSR count). The van der Waals surface area contributed by atoms with Crippen molar-refractivity contribution in [3.05, 3.63) is 29.8 Å². The predicted octanol–water partition coefficient (Wildman–Crippen LogP) is 1.60. The molecular formula is C20H32N4O3. The van der Waals surface area contributed by atoms with Crippen molar-refractivity contribution in [3.63, 3.8) is 0 Å². The van der Waals surface area contributed by atoms with Gasteiger partial charge in [0.15, 0.2) is 0 Å². The van der Waals surface area contributed by atoms with E-state index in [1.54, 1.807) is 12.1 Å². The molecule has 1 aliphatic heterocycles. The van der Waals surface area contributed by atoms with Crippen LogP contribution < -0.4 is 16.4 Å². The number of aromatic hydroxyl groups is 1. The lowest BCUT2D eigenvalue weighted by atomic mass is 9.93. The third kappa shape index (κ3) is 7.09. The molecule has 0 unspecified atom stereocenters. The largest absolute Gasteiger partial charge is 0.508 e. The molecule has 1 aromatic rings. The lowest BCUT2D eigenvalue weighted by molar-refractivity contribution is -0.119. The fourth-order valence-electron chi connectivity index (χ4n) is 3.45. The fraction of sp³-hybridized carbons (Fsp3) is 0.600. The molecule has 1 aromatic carbocycles. The van der Waals surface area contributed by atoms with Gasteiger partial charge in [-0.1, -0.05) is 12.1 Å². The monoisotopic (exact) mass is 376 g/mol. The van der Waals surface area contributed by atoms with E-state index < -0.39 is 11.9 Å². The highest BCUT2D eigenvalue weighted by molar-refractivity contribution is 5.86. The van der Waals surface area contributed by atoms with E-state index in [2.05, 4.69) is 29.4 Å². The van der Waals surface area contributed by atoms with Crippen LogP contribution in [0.2, 0.25) is 0 Å². The fourth-order valence-corrected chi connectivity index (χ4v) is 3.45. The smallest absolute Gasteiger partial charge is 0.315 e. The maximum Gasteiger partial charge on any atom is 0.315 e. The molecular weight excluding hydrogens is 344 g/mol. The molecule has 5 N–H and O–H groups in total. The van der Waals surface area contributed by atoms with Crippen molar-refractivity contribution in [2.45, 2.75) is 51.6 Å². The number of primary amides is 1. The highest BCUT2D eigenvalue weighted by Crippen LogP contribution is 2.21. The quantitative estimate of drug-likeness (QED) is 0.553. The zero-order valence-corrected chi connectivity index (χ0v) is 16.3. The van der Waals surface area contributed by atoms with Crippen LogP contribution in [0.15, 0.2) is 24.3 Å². The molecule has 0 spiro atoms. The average molecular weight is 377 g/mol. The van der Waals surface area contributed by atoms with E-state index in [-0.39, 0.29) is 18.2 Å². The minimum atomic E-state index is -0.788. The first-order chi connectivity index (χ1) is 12.8. The van der Waals surface area contributed by atoms with E-state index >= 15 is 0 Å². The van der Waals surface area contributed by atoms with Gasteiger partial charge in [0.25, 0.3) is 0 Å². The molecule has 3 amide bonds. The summed E-state index contributed by atoms with van der Waals surface area (Å²) in [5, 5.41) is 14.8. The van der Waals surface area contributed by atoms with Crippen molar-refractivity contribution < 1.29 is 14.7 Å². The Labute approximate surface area is 161 Å². The first-order valence-corrected chi connectivity index (χ1v) is 9.70. The van der Waals surface area contributed by atoms with Crippen molar-refractivity contribution >= 4 is 11.9 Å². The summed E-state index contributed by atoms with van der Waals surface area (Å²) >= 11 is 0. The van der Waals surface area contributed by atoms with Gasteiger partial charge in [0.1, 0.15) is 11.8 Å². The molecule has 0 aromatic heterocycles. The van der Waals surface area contributed by atoms with E-state index in [0.29, 0.717) is 18.5 Å². The summed E-state index contributed by atoms with van der Waals surface area (Å²) in [5.41, 5.74) is 6.22. The second-order valence-electron chi connectivity index (χ2n) is 7.59. The Morgan fingerprint density at radius 1 is 1.22 bits per heavy atom. The minimum Gasteiger partial charge on any atom is -0.508 e. The van der Waals surface area contributed by atoms with Gasteiger partial charge in [0, 0.05) is 19.0 Å². The molecule has 1 fully saturated rings. The zero-order chi connectivity index (χ0) is 19.8. The molecule has 150 valence electrons. The molecule has 1 aliphatic rings. The van der Waals surface area contributed by atoms with Crippen molar-refractivity contribution in [1.29, 1.82) is 0 Å². The average Bonchev–Trinajstić information content (AvgIpc) is 2.63. The van der Waals surface area contributed by atoms with Crippen LogP contribution in [0.25, 0.3) is 0 Å². The van der Waals surface area contributed by atoms with Crippen LogP contribution in [0.5, 0.6) is 5.75 Å². The molecule has 7 nitrogen and oxygen atoms in total. The number of phenolic OH excluding ortho intramolecular Hbond substituents is 1. The highest BCUT2D eigenvalue weighted by Gasteiger charge is 2.21. The number of hydrogen-bond donors (Lipinski definition) is 4. The third-order valence-electron chi connectivity index (χ3n) is 5.24. The van der Waals surface area contributed by atoms with Crippen LogP contribution in [-0.4, -0.2) is 53.7 Å². The van der Waals surface area contributed by atoms with Crippen molar-refractivity contribution in [3.8, 4) is 5.75 Å². The van der Waals surface area contributed by atoms with Gasteiger partial charge in [-0.2, -0.15) is 0 Å². The number of nitrogens with two attached hydrogens (primary N) is 1. The molecule has 0 radical (unpaired) electrons. The summed E-state index contributed by atoms with van der Waals surface area (Å²) < 4.78 is 0. The van der Waals surface area contributed by atoms with Gasteiger partial charge >= 0.3 is 6.03 Å². The van der Waals surface area contributed by atoms with E-state index in [1.807, 2.05) is 0 Å². The number of hydrogen-bond acceptors (Lipinski definition) is 4. The Morgan fingerprint density at radius 2 is 1.85 bits per heavy atom. The molecule has 1 heterocycles. The summed E-state index contributed by atoms with van der Waals surface area (Å²) in [6, 6.07) is 5.91. The van der Waals surface area contributed by atoms with Crippen LogP contribution in [-0.2, 0) is 11.2 Å². The first-order valence-electron chi connectivity index (χ1n) is 9.70. The van der Waals surface area contributed by atoms with E-state index in [1.165, 1.54) is 12.1 Å². The standard InChI is InChI=1S/C20H32N4O3/c1-14(2)24-11-8-15(9-12-24)7-10-22-20(27)23-18(19(21)26)13-16-3-5-17(25)6-4-16/h3-6,14-15,18,25H,7-13H2,1-2H3,(H2,21,26)(H2,22,23,27)/t18-/m0/s1. The summed E-state index contributed by atoms with van der Waals surface area (Å²) in [6.45, 7) is 7.26. The highest BCUT2D eigenvalue weighted by atomic mass is 16.3. The number of phenols is 1.